The van der Waals surface area contributed by atoms with Gasteiger partial charge in [-0.3, -0.25) is 19.8 Å². The molecule has 0 aliphatic carbocycles. The molecule has 0 radical (unpaired) electrons. The van der Waals surface area contributed by atoms with E-state index in [4.69, 9.17) is 15.2 Å². The number of nitrogens with zero attached hydrogens (tertiary/aromatic N) is 2. The van der Waals surface area contributed by atoms with Crippen molar-refractivity contribution in [3.63, 3.8) is 0 Å². The molecule has 3 rings (SSSR count). The number of nitrogens with two attached hydrogens (primary N) is 1. The molecule has 0 bridgehead atoms. The SMILES string of the molecule is COC(=O)C1=C(N)N2C(=O)C(C)SC2=C(C(=O)OC)C1c1ccc([N+](=O)[O-])cc1. The third-order valence-corrected chi connectivity index (χ3v) is 5.81. The zero-order chi connectivity index (χ0) is 21.5. The summed E-state index contributed by atoms with van der Waals surface area (Å²) in [5.74, 6) is -3.13. The van der Waals surface area contributed by atoms with Gasteiger partial charge in [0.25, 0.3) is 5.69 Å². The van der Waals surface area contributed by atoms with Gasteiger partial charge in [0.2, 0.25) is 5.91 Å². The van der Waals surface area contributed by atoms with Crippen molar-refractivity contribution in [3.05, 3.63) is 61.9 Å². The lowest BCUT2D eigenvalue weighted by molar-refractivity contribution is -0.384. The van der Waals surface area contributed by atoms with Crippen molar-refractivity contribution >= 4 is 35.3 Å². The first-order valence-corrected chi connectivity index (χ1v) is 9.26. The fraction of sp³-hybridized carbons (Fsp3) is 0.278. The maximum Gasteiger partial charge on any atom is 0.338 e. The van der Waals surface area contributed by atoms with Gasteiger partial charge in [0, 0.05) is 12.1 Å². The summed E-state index contributed by atoms with van der Waals surface area (Å²) >= 11 is 1.12. The fourth-order valence-electron chi connectivity index (χ4n) is 3.27. The van der Waals surface area contributed by atoms with Crippen molar-refractivity contribution in [1.82, 2.24) is 4.90 Å². The number of fused-ring (bicyclic) bond motifs is 1. The van der Waals surface area contributed by atoms with Crippen molar-refractivity contribution < 1.29 is 28.8 Å². The molecule has 1 aromatic carbocycles. The van der Waals surface area contributed by atoms with Crippen LogP contribution in [0.15, 0.2) is 46.3 Å². The predicted octanol–water partition coefficient (Wildman–Crippen LogP) is 1.38. The first-order valence-electron chi connectivity index (χ1n) is 8.38. The molecule has 2 heterocycles. The molecule has 2 atom stereocenters. The van der Waals surface area contributed by atoms with Crippen LogP contribution in [0.25, 0.3) is 0 Å². The Morgan fingerprint density at radius 1 is 1.14 bits per heavy atom. The van der Waals surface area contributed by atoms with Crippen LogP contribution >= 0.6 is 11.8 Å². The van der Waals surface area contributed by atoms with E-state index in [0.29, 0.717) is 5.56 Å². The summed E-state index contributed by atoms with van der Waals surface area (Å²) in [7, 11) is 2.33. The molecule has 2 aliphatic heterocycles. The van der Waals surface area contributed by atoms with Crippen molar-refractivity contribution in [2.45, 2.75) is 18.1 Å². The molecule has 0 saturated carbocycles. The Hall–Kier alpha value is -3.34. The Morgan fingerprint density at radius 3 is 2.21 bits per heavy atom. The quantitative estimate of drug-likeness (QED) is 0.435. The number of benzene rings is 1. The van der Waals surface area contributed by atoms with Crippen molar-refractivity contribution in [1.29, 1.82) is 0 Å². The highest BCUT2D eigenvalue weighted by molar-refractivity contribution is 8.04. The summed E-state index contributed by atoms with van der Waals surface area (Å²) in [4.78, 5) is 49.4. The van der Waals surface area contributed by atoms with Crippen LogP contribution in [0.5, 0.6) is 0 Å². The van der Waals surface area contributed by atoms with Crippen molar-refractivity contribution in [3.8, 4) is 0 Å². The number of hydrogen-bond donors (Lipinski definition) is 1. The number of methoxy groups -OCH3 is 2. The fourth-order valence-corrected chi connectivity index (χ4v) is 4.43. The normalized spacial score (nSPS) is 21.2. The summed E-state index contributed by atoms with van der Waals surface area (Å²) in [5, 5.41) is 10.7. The molecule has 11 heteroatoms. The zero-order valence-corrected chi connectivity index (χ0v) is 16.5. The summed E-state index contributed by atoms with van der Waals surface area (Å²) in [6.45, 7) is 1.65. The van der Waals surface area contributed by atoms with Gasteiger partial charge in [0.1, 0.15) is 5.82 Å². The third kappa shape index (κ3) is 3.23. The number of thioether (sulfide) groups is 1. The molecule has 2 aliphatic rings. The number of nitro groups is 1. The number of carbonyl (C=O) groups is 3. The van der Waals surface area contributed by atoms with Gasteiger partial charge in [-0.15, -0.1) is 0 Å². The molecule has 0 spiro atoms. The van der Waals surface area contributed by atoms with Gasteiger partial charge >= 0.3 is 11.9 Å². The highest BCUT2D eigenvalue weighted by atomic mass is 32.2. The number of carbonyl (C=O) groups excluding carboxylic acids is 3. The van der Waals surface area contributed by atoms with Crippen LogP contribution in [0.2, 0.25) is 0 Å². The lowest BCUT2D eigenvalue weighted by atomic mass is 9.82. The molecule has 1 fully saturated rings. The maximum absolute atomic E-state index is 12.7. The Kier molecular flexibility index (Phi) is 5.33. The van der Waals surface area contributed by atoms with Crippen LogP contribution in [0.3, 0.4) is 0 Å². The van der Waals surface area contributed by atoms with E-state index in [0.717, 1.165) is 23.8 Å². The minimum Gasteiger partial charge on any atom is -0.466 e. The molecule has 1 aromatic rings. The van der Waals surface area contributed by atoms with Crippen molar-refractivity contribution in [2.24, 2.45) is 5.73 Å². The smallest absolute Gasteiger partial charge is 0.338 e. The largest absolute Gasteiger partial charge is 0.466 e. The Labute approximate surface area is 169 Å². The average Bonchev–Trinajstić information content (AvgIpc) is 3.01. The van der Waals surface area contributed by atoms with E-state index in [1.54, 1.807) is 6.92 Å². The number of esters is 2. The van der Waals surface area contributed by atoms with Gasteiger partial charge in [-0.2, -0.15) is 0 Å². The molecule has 1 saturated heterocycles. The first kappa shape index (κ1) is 20.4. The standard InChI is InChI=1S/C18H17N3O7S/c1-8-15(22)20-14(19)12(17(23)27-2)11(13(16(20)29-8)18(24)28-3)9-4-6-10(7-5-9)21(25)26/h4-8,11H,19H2,1-3H3. The van der Waals surface area contributed by atoms with Crippen LogP contribution in [0.4, 0.5) is 5.69 Å². The Balaban J connectivity index is 2.29. The number of non-ortho nitro benzene ring substituents is 1. The van der Waals surface area contributed by atoms with Gasteiger partial charge in [-0.05, 0) is 12.5 Å². The van der Waals surface area contributed by atoms with E-state index < -0.39 is 28.0 Å². The number of nitro benzene ring substituents is 1. The lowest BCUT2D eigenvalue weighted by Crippen LogP contribution is -2.40. The molecule has 1 amide bonds. The molecule has 0 aromatic heterocycles. The molecular weight excluding hydrogens is 402 g/mol. The van der Waals surface area contributed by atoms with Crippen LogP contribution in [-0.4, -0.2) is 47.1 Å². The maximum atomic E-state index is 12.7. The molecule has 2 N–H and O–H groups in total. The predicted molar refractivity (Wildman–Crippen MR) is 102 cm³/mol. The second-order valence-corrected chi connectivity index (χ2v) is 7.55. The van der Waals surface area contributed by atoms with E-state index in [1.807, 2.05) is 0 Å². The monoisotopic (exact) mass is 419 g/mol. The second kappa shape index (κ2) is 7.59. The molecular formula is C18H17N3O7S. The minimum absolute atomic E-state index is 0.0404. The summed E-state index contributed by atoms with van der Waals surface area (Å²) in [6, 6.07) is 5.34. The summed E-state index contributed by atoms with van der Waals surface area (Å²) < 4.78 is 9.75. The molecule has 152 valence electrons. The van der Waals surface area contributed by atoms with Crippen LogP contribution in [-0.2, 0) is 23.9 Å². The summed E-state index contributed by atoms with van der Waals surface area (Å²) in [6.07, 6.45) is 0. The molecule has 29 heavy (non-hydrogen) atoms. The number of ether oxygens (including phenoxy) is 2. The second-order valence-electron chi connectivity index (χ2n) is 6.22. The van der Waals surface area contributed by atoms with Crippen LogP contribution < -0.4 is 5.73 Å². The molecule has 2 unspecified atom stereocenters. The number of amides is 1. The Morgan fingerprint density at radius 2 is 1.69 bits per heavy atom. The van der Waals surface area contributed by atoms with E-state index in [2.05, 4.69) is 0 Å². The van der Waals surface area contributed by atoms with E-state index in [-0.39, 0.29) is 33.6 Å². The number of rotatable bonds is 4. The zero-order valence-electron chi connectivity index (χ0n) is 15.7. The van der Waals surface area contributed by atoms with E-state index in [1.165, 1.54) is 31.4 Å². The van der Waals surface area contributed by atoms with E-state index >= 15 is 0 Å². The van der Waals surface area contributed by atoms with Gasteiger partial charge in [-0.1, -0.05) is 23.9 Å². The topological polar surface area (TPSA) is 142 Å². The lowest BCUT2D eigenvalue weighted by Gasteiger charge is -2.32. The highest BCUT2D eigenvalue weighted by Gasteiger charge is 2.48. The van der Waals surface area contributed by atoms with Crippen molar-refractivity contribution in [2.75, 3.05) is 14.2 Å². The average molecular weight is 419 g/mol. The summed E-state index contributed by atoms with van der Waals surface area (Å²) in [5.41, 5.74) is 6.33. The van der Waals surface area contributed by atoms with Gasteiger partial charge in [-0.25, -0.2) is 9.59 Å². The molecule has 10 nitrogen and oxygen atoms in total. The number of hydrogen-bond acceptors (Lipinski definition) is 9. The Bertz CT molecular complexity index is 984. The minimum atomic E-state index is -1.02. The highest BCUT2D eigenvalue weighted by Crippen LogP contribution is 2.49. The van der Waals surface area contributed by atoms with Gasteiger partial charge in [0.05, 0.1) is 46.5 Å². The first-order chi connectivity index (χ1) is 13.7. The van der Waals surface area contributed by atoms with Crippen LogP contribution in [0, 0.1) is 10.1 Å². The van der Waals surface area contributed by atoms with Gasteiger partial charge < -0.3 is 15.2 Å². The van der Waals surface area contributed by atoms with Crippen LogP contribution in [0.1, 0.15) is 18.4 Å². The third-order valence-electron chi connectivity index (χ3n) is 4.63. The van der Waals surface area contributed by atoms with Gasteiger partial charge in [0.15, 0.2) is 0 Å². The van der Waals surface area contributed by atoms with E-state index in [9.17, 15) is 24.5 Å².